The molecule has 0 aromatic carbocycles. The molecule has 0 saturated heterocycles. The van der Waals surface area contributed by atoms with E-state index in [4.69, 9.17) is 16.9 Å². The average molecular weight is 232 g/mol. The molecule has 1 aromatic heterocycles. The zero-order chi connectivity index (χ0) is 10.6. The number of nitriles is 1. The first kappa shape index (κ1) is 10.8. The van der Waals surface area contributed by atoms with E-state index in [0.29, 0.717) is 0 Å². The summed E-state index contributed by atoms with van der Waals surface area (Å²) in [5, 5.41) is 8.28. The molecule has 0 unspecified atom stereocenters. The Morgan fingerprint density at radius 3 is 2.93 bits per heavy atom. The Hall–Kier alpha value is -1.32. The van der Waals surface area contributed by atoms with E-state index >= 15 is 0 Å². The second-order valence-corrected chi connectivity index (χ2v) is 4.44. The van der Waals surface area contributed by atoms with Crippen LogP contribution in [0, 0.1) is 11.3 Å². The number of pyridine rings is 1. The van der Waals surface area contributed by atoms with Crippen LogP contribution in [0.3, 0.4) is 0 Å². The number of nitrogens with one attached hydrogen (secondary N) is 1. The van der Waals surface area contributed by atoms with Crippen LogP contribution in [0.2, 0.25) is 5.15 Å². The van der Waals surface area contributed by atoms with Gasteiger partial charge in [0, 0.05) is 6.20 Å². The van der Waals surface area contributed by atoms with Gasteiger partial charge in [-0.05, 0) is 12.1 Å². The second kappa shape index (κ2) is 4.26. The van der Waals surface area contributed by atoms with Gasteiger partial charge in [0.15, 0.2) is 10.9 Å². The molecule has 5 nitrogen and oxygen atoms in total. The van der Waals surface area contributed by atoms with Crippen molar-refractivity contribution in [3.63, 3.8) is 0 Å². The fourth-order valence-electron chi connectivity index (χ4n) is 0.751. The lowest BCUT2D eigenvalue weighted by molar-refractivity contribution is 0.604. The minimum absolute atomic E-state index is 0.0500. The minimum atomic E-state index is -3.64. The van der Waals surface area contributed by atoms with Gasteiger partial charge in [-0.1, -0.05) is 11.6 Å². The number of sulfonamides is 1. The summed E-state index contributed by atoms with van der Waals surface area (Å²) in [6, 6.07) is 4.53. The first-order valence-corrected chi connectivity index (χ1v) is 5.56. The molecule has 14 heavy (non-hydrogen) atoms. The van der Waals surface area contributed by atoms with E-state index in [1.165, 1.54) is 24.4 Å². The van der Waals surface area contributed by atoms with Gasteiger partial charge in [-0.15, -0.1) is 0 Å². The summed E-state index contributed by atoms with van der Waals surface area (Å²) in [5.41, 5.74) is 0.171. The molecule has 0 bridgehead atoms. The van der Waals surface area contributed by atoms with E-state index in [-0.39, 0.29) is 10.8 Å². The molecule has 1 aromatic rings. The van der Waals surface area contributed by atoms with Crippen molar-refractivity contribution in [1.82, 2.24) is 4.98 Å². The quantitative estimate of drug-likeness (QED) is 0.787. The number of hydrogen-bond acceptors (Lipinski definition) is 4. The van der Waals surface area contributed by atoms with Crippen molar-refractivity contribution in [1.29, 1.82) is 5.26 Å². The van der Waals surface area contributed by atoms with Gasteiger partial charge in [-0.2, -0.15) is 5.26 Å². The van der Waals surface area contributed by atoms with Gasteiger partial charge in [0.05, 0.1) is 11.8 Å². The Morgan fingerprint density at radius 2 is 2.36 bits per heavy atom. The maximum Gasteiger partial charge on any atom is 0.246 e. The first-order chi connectivity index (χ1) is 6.55. The molecule has 0 amide bonds. The van der Waals surface area contributed by atoms with Crippen LogP contribution < -0.4 is 4.72 Å². The third-order valence-electron chi connectivity index (χ3n) is 1.28. The van der Waals surface area contributed by atoms with Crippen molar-refractivity contribution >= 4 is 27.3 Å². The molecule has 74 valence electrons. The smallest absolute Gasteiger partial charge is 0.246 e. The van der Waals surface area contributed by atoms with Crippen molar-refractivity contribution < 1.29 is 8.42 Å². The highest BCUT2D eigenvalue weighted by Gasteiger charge is 2.11. The van der Waals surface area contributed by atoms with Crippen molar-refractivity contribution in [2.75, 3.05) is 10.5 Å². The predicted molar refractivity (Wildman–Crippen MR) is 52.3 cm³/mol. The number of anilines is 1. The minimum Gasteiger partial charge on any atom is -0.280 e. The topological polar surface area (TPSA) is 82.8 Å². The Morgan fingerprint density at radius 1 is 1.64 bits per heavy atom. The van der Waals surface area contributed by atoms with Crippen LogP contribution in [-0.2, 0) is 10.0 Å². The number of aromatic nitrogens is 1. The van der Waals surface area contributed by atoms with E-state index < -0.39 is 15.8 Å². The van der Waals surface area contributed by atoms with Crippen molar-refractivity contribution in [2.24, 2.45) is 0 Å². The summed E-state index contributed by atoms with van der Waals surface area (Å²) >= 11 is 5.61. The van der Waals surface area contributed by atoms with Gasteiger partial charge in [-0.3, -0.25) is 4.72 Å². The maximum absolute atomic E-state index is 11.1. The molecule has 0 radical (unpaired) electrons. The third-order valence-corrected chi connectivity index (χ3v) is 2.62. The predicted octanol–water partition coefficient (Wildman–Crippen LogP) is 1.00. The fraction of sp³-hybridized carbons (Fsp3) is 0.143. The van der Waals surface area contributed by atoms with Crippen molar-refractivity contribution in [3.8, 4) is 6.07 Å². The summed E-state index contributed by atoms with van der Waals surface area (Å²) in [6.45, 7) is 0. The van der Waals surface area contributed by atoms with Crippen LogP contribution in [0.4, 0.5) is 5.69 Å². The molecule has 0 spiro atoms. The zero-order valence-electron chi connectivity index (χ0n) is 6.94. The molecule has 0 aliphatic rings. The van der Waals surface area contributed by atoms with Crippen LogP contribution in [0.15, 0.2) is 18.3 Å². The summed E-state index contributed by atoms with van der Waals surface area (Å²) in [5.74, 6) is -0.613. The molecule has 1 rings (SSSR count). The van der Waals surface area contributed by atoms with Gasteiger partial charge < -0.3 is 0 Å². The normalized spacial score (nSPS) is 10.6. The first-order valence-electron chi connectivity index (χ1n) is 3.53. The van der Waals surface area contributed by atoms with Crippen LogP contribution >= 0.6 is 11.6 Å². The Bertz CT molecular complexity index is 466. The molecule has 0 aliphatic carbocycles. The van der Waals surface area contributed by atoms with Crippen molar-refractivity contribution in [3.05, 3.63) is 23.5 Å². The SMILES string of the molecule is N#CCS(=O)(=O)Nc1cccnc1Cl. The van der Waals surface area contributed by atoms with Crippen LogP contribution in [0.25, 0.3) is 0 Å². The van der Waals surface area contributed by atoms with Crippen LogP contribution in [0.1, 0.15) is 0 Å². The Kier molecular flexibility index (Phi) is 3.28. The average Bonchev–Trinajstić information content (AvgIpc) is 2.08. The summed E-state index contributed by atoms with van der Waals surface area (Å²) in [4.78, 5) is 3.68. The van der Waals surface area contributed by atoms with E-state index in [2.05, 4.69) is 9.71 Å². The molecule has 0 atom stereocenters. The number of hydrogen-bond donors (Lipinski definition) is 1. The zero-order valence-corrected chi connectivity index (χ0v) is 8.51. The standard InChI is InChI=1S/C7H6ClN3O2S/c8-7-6(2-1-4-10-7)11-14(12,13)5-3-9/h1-2,4,11H,5H2. The second-order valence-electron chi connectivity index (χ2n) is 2.36. The molecule has 0 saturated carbocycles. The van der Waals surface area contributed by atoms with Gasteiger partial charge in [0.2, 0.25) is 10.0 Å². The molecule has 1 heterocycles. The largest absolute Gasteiger partial charge is 0.280 e. The van der Waals surface area contributed by atoms with E-state index in [0.717, 1.165) is 0 Å². The van der Waals surface area contributed by atoms with E-state index in [9.17, 15) is 8.42 Å². The monoisotopic (exact) mass is 231 g/mol. The van der Waals surface area contributed by atoms with Gasteiger partial charge in [-0.25, -0.2) is 13.4 Å². The van der Waals surface area contributed by atoms with Gasteiger partial charge >= 0.3 is 0 Å². The number of rotatable bonds is 3. The highest BCUT2D eigenvalue weighted by molar-refractivity contribution is 7.92. The lowest BCUT2D eigenvalue weighted by Gasteiger charge is -2.05. The summed E-state index contributed by atoms with van der Waals surface area (Å²) < 4.78 is 24.4. The molecule has 1 N–H and O–H groups in total. The molecular weight excluding hydrogens is 226 g/mol. The molecule has 0 fully saturated rings. The lowest BCUT2D eigenvalue weighted by atomic mass is 10.4. The Labute approximate surface area is 86.4 Å². The van der Waals surface area contributed by atoms with Gasteiger partial charge in [0.25, 0.3) is 0 Å². The van der Waals surface area contributed by atoms with E-state index in [1.807, 2.05) is 0 Å². The summed E-state index contributed by atoms with van der Waals surface area (Å²) in [7, 11) is -3.64. The van der Waals surface area contributed by atoms with Crippen LogP contribution in [0.5, 0.6) is 0 Å². The van der Waals surface area contributed by atoms with E-state index in [1.54, 1.807) is 0 Å². The van der Waals surface area contributed by atoms with Gasteiger partial charge in [0.1, 0.15) is 0 Å². The maximum atomic E-state index is 11.1. The summed E-state index contributed by atoms with van der Waals surface area (Å²) in [6.07, 6.45) is 1.43. The lowest BCUT2D eigenvalue weighted by Crippen LogP contribution is -2.15. The highest BCUT2D eigenvalue weighted by atomic mass is 35.5. The fourth-order valence-corrected chi connectivity index (χ4v) is 1.72. The Balaban J connectivity index is 2.91. The third kappa shape index (κ3) is 2.87. The molecule has 0 aliphatic heterocycles. The van der Waals surface area contributed by atoms with Crippen LogP contribution in [-0.4, -0.2) is 19.2 Å². The molecule has 7 heteroatoms. The number of nitrogens with zero attached hydrogens (tertiary/aromatic N) is 2. The highest BCUT2D eigenvalue weighted by Crippen LogP contribution is 2.18. The molecular formula is C7H6ClN3O2S. The number of halogens is 1. The van der Waals surface area contributed by atoms with Crippen molar-refractivity contribution in [2.45, 2.75) is 0 Å².